The molecule has 0 unspecified atom stereocenters. The zero-order valence-electron chi connectivity index (χ0n) is 11.6. The van der Waals surface area contributed by atoms with Crippen molar-refractivity contribution in [3.63, 3.8) is 0 Å². The van der Waals surface area contributed by atoms with Crippen LogP contribution in [0.25, 0.3) is 0 Å². The molecular formula is C16H15BrO2S2. The summed E-state index contributed by atoms with van der Waals surface area (Å²) in [5.74, 6) is 3.18. The first-order valence-electron chi connectivity index (χ1n) is 6.72. The largest absolute Gasteiger partial charge is 0.497 e. The van der Waals surface area contributed by atoms with Gasteiger partial charge in [0.2, 0.25) is 0 Å². The van der Waals surface area contributed by atoms with Crippen LogP contribution in [0.1, 0.15) is 25.7 Å². The predicted octanol–water partition coefficient (Wildman–Crippen LogP) is 4.73. The topological polar surface area (TPSA) is 26.3 Å². The molecule has 1 aromatic heterocycles. The van der Waals surface area contributed by atoms with Crippen LogP contribution in [0.5, 0.6) is 5.75 Å². The van der Waals surface area contributed by atoms with Crippen molar-refractivity contribution in [1.82, 2.24) is 0 Å². The number of thioether (sulfide) groups is 1. The van der Waals surface area contributed by atoms with E-state index in [2.05, 4.69) is 22.0 Å². The number of halogens is 1. The van der Waals surface area contributed by atoms with Crippen LogP contribution < -0.4 is 4.74 Å². The normalized spacial score (nSPS) is 13.8. The number of hydrogen-bond donors (Lipinski definition) is 0. The van der Waals surface area contributed by atoms with Gasteiger partial charge >= 0.3 is 0 Å². The Hall–Kier alpha value is -0.780. The monoisotopic (exact) mass is 382 g/mol. The lowest BCUT2D eigenvalue weighted by Crippen LogP contribution is -2.02. The molecule has 1 aromatic carbocycles. The molecule has 1 aliphatic heterocycles. The number of fused-ring (bicyclic) bond motifs is 1. The zero-order chi connectivity index (χ0) is 14.8. The molecule has 0 saturated carbocycles. The Morgan fingerprint density at radius 2 is 2.24 bits per heavy atom. The molecule has 0 saturated heterocycles. The maximum Gasteiger partial charge on any atom is 0.177 e. The maximum absolute atomic E-state index is 12.5. The molecule has 110 valence electrons. The van der Waals surface area contributed by atoms with E-state index in [-0.39, 0.29) is 5.78 Å². The summed E-state index contributed by atoms with van der Waals surface area (Å²) in [6.07, 6.45) is 1.51. The highest BCUT2D eigenvalue weighted by molar-refractivity contribution is 9.10. The highest BCUT2D eigenvalue weighted by Gasteiger charge is 2.18. The Balaban J connectivity index is 1.81. The summed E-state index contributed by atoms with van der Waals surface area (Å²) in [6, 6.07) is 7.82. The van der Waals surface area contributed by atoms with E-state index in [0.717, 1.165) is 32.8 Å². The van der Waals surface area contributed by atoms with Crippen molar-refractivity contribution in [1.29, 1.82) is 0 Å². The van der Waals surface area contributed by atoms with Crippen LogP contribution in [0.4, 0.5) is 0 Å². The Labute approximate surface area is 141 Å². The molecule has 0 bridgehead atoms. The first-order valence-corrected chi connectivity index (χ1v) is 9.48. The highest BCUT2D eigenvalue weighted by Crippen LogP contribution is 2.33. The van der Waals surface area contributed by atoms with Crippen LogP contribution in [0.3, 0.4) is 0 Å². The first-order chi connectivity index (χ1) is 10.2. The number of hydrogen-bond acceptors (Lipinski definition) is 4. The minimum absolute atomic E-state index is 0.188. The van der Waals surface area contributed by atoms with E-state index in [1.54, 1.807) is 18.4 Å². The molecule has 0 spiro atoms. The Morgan fingerprint density at radius 1 is 1.38 bits per heavy atom. The van der Waals surface area contributed by atoms with Gasteiger partial charge in [0, 0.05) is 21.5 Å². The van der Waals surface area contributed by atoms with Gasteiger partial charge in [-0.3, -0.25) is 4.79 Å². The number of ether oxygens (including phenoxy) is 1. The van der Waals surface area contributed by atoms with Gasteiger partial charge in [0.25, 0.3) is 0 Å². The van der Waals surface area contributed by atoms with Gasteiger partial charge in [0.05, 0.1) is 12.0 Å². The number of Topliss-reactive ketones (excluding diaryl/α,β-unsaturated/α-hetero) is 1. The molecule has 0 atom stereocenters. The fourth-order valence-corrected chi connectivity index (χ4v) is 5.05. The minimum Gasteiger partial charge on any atom is -0.497 e. The third-order valence-electron chi connectivity index (χ3n) is 3.51. The van der Waals surface area contributed by atoms with Crippen molar-refractivity contribution in [2.24, 2.45) is 0 Å². The number of rotatable bonds is 4. The number of methoxy groups -OCH3 is 1. The number of carbonyl (C=O) groups is 1. The number of aryl methyl sites for hydroxylation is 1. The SMILES string of the molecule is COc1ccc(Br)c(CC(=O)c2cc3c(s2)CCSC3)c1. The fourth-order valence-electron chi connectivity index (χ4n) is 2.36. The summed E-state index contributed by atoms with van der Waals surface area (Å²) in [5.41, 5.74) is 2.32. The molecule has 0 aliphatic carbocycles. The molecule has 2 heterocycles. The lowest BCUT2D eigenvalue weighted by Gasteiger charge is -2.08. The summed E-state index contributed by atoms with van der Waals surface area (Å²) in [6.45, 7) is 0. The Bertz CT molecular complexity index is 655. The van der Waals surface area contributed by atoms with Crippen LogP contribution in [-0.2, 0) is 18.6 Å². The van der Waals surface area contributed by atoms with Gasteiger partial charge in [0.1, 0.15) is 5.75 Å². The van der Waals surface area contributed by atoms with Gasteiger partial charge < -0.3 is 4.74 Å². The lowest BCUT2D eigenvalue weighted by atomic mass is 10.1. The molecule has 0 fully saturated rings. The summed E-state index contributed by atoms with van der Waals surface area (Å²) in [7, 11) is 1.64. The third kappa shape index (κ3) is 3.35. The summed E-state index contributed by atoms with van der Waals surface area (Å²) >= 11 is 7.12. The highest BCUT2D eigenvalue weighted by atomic mass is 79.9. The summed E-state index contributed by atoms with van der Waals surface area (Å²) < 4.78 is 6.18. The fraction of sp³-hybridized carbons (Fsp3) is 0.312. The molecule has 0 amide bonds. The van der Waals surface area contributed by atoms with Crippen LogP contribution in [0, 0.1) is 0 Å². The smallest absolute Gasteiger partial charge is 0.177 e. The van der Waals surface area contributed by atoms with Crippen LogP contribution in [0.2, 0.25) is 0 Å². The maximum atomic E-state index is 12.5. The van der Waals surface area contributed by atoms with E-state index in [4.69, 9.17) is 4.74 Å². The van der Waals surface area contributed by atoms with Crippen molar-refractivity contribution >= 4 is 44.8 Å². The second kappa shape index (κ2) is 6.55. The molecule has 5 heteroatoms. The van der Waals surface area contributed by atoms with E-state index < -0.39 is 0 Å². The van der Waals surface area contributed by atoms with Gasteiger partial charge in [-0.1, -0.05) is 15.9 Å². The van der Waals surface area contributed by atoms with Crippen molar-refractivity contribution in [3.05, 3.63) is 49.6 Å². The van der Waals surface area contributed by atoms with E-state index in [9.17, 15) is 4.79 Å². The van der Waals surface area contributed by atoms with Crippen molar-refractivity contribution in [3.8, 4) is 5.75 Å². The Morgan fingerprint density at radius 3 is 3.00 bits per heavy atom. The van der Waals surface area contributed by atoms with Crippen molar-refractivity contribution < 1.29 is 9.53 Å². The average molecular weight is 383 g/mol. The van der Waals surface area contributed by atoms with Crippen molar-refractivity contribution in [2.45, 2.75) is 18.6 Å². The minimum atomic E-state index is 0.188. The van der Waals surface area contributed by atoms with Gasteiger partial charge in [-0.25, -0.2) is 0 Å². The zero-order valence-corrected chi connectivity index (χ0v) is 14.9. The molecular weight excluding hydrogens is 368 g/mol. The number of benzene rings is 1. The van der Waals surface area contributed by atoms with Gasteiger partial charge in [-0.15, -0.1) is 11.3 Å². The number of carbonyl (C=O) groups excluding carboxylic acids is 1. The lowest BCUT2D eigenvalue weighted by molar-refractivity contribution is 0.0996. The standard InChI is InChI=1S/C16H15BrO2S2/c1-19-12-2-3-13(17)10(6-12)7-14(18)16-8-11-9-20-5-4-15(11)21-16/h2-3,6,8H,4-5,7,9H2,1H3. The van der Waals surface area contributed by atoms with E-state index in [0.29, 0.717) is 6.42 Å². The van der Waals surface area contributed by atoms with Crippen LogP contribution >= 0.6 is 39.0 Å². The van der Waals surface area contributed by atoms with Gasteiger partial charge in [-0.2, -0.15) is 11.8 Å². The predicted molar refractivity (Wildman–Crippen MR) is 92.9 cm³/mol. The van der Waals surface area contributed by atoms with E-state index in [1.165, 1.54) is 16.2 Å². The average Bonchev–Trinajstić information content (AvgIpc) is 2.93. The van der Waals surface area contributed by atoms with Crippen LogP contribution in [0.15, 0.2) is 28.7 Å². The number of thiophene rings is 1. The van der Waals surface area contributed by atoms with Gasteiger partial charge in [0.15, 0.2) is 5.78 Å². The van der Waals surface area contributed by atoms with Crippen LogP contribution in [-0.4, -0.2) is 18.6 Å². The third-order valence-corrected chi connectivity index (χ3v) is 6.57. The quantitative estimate of drug-likeness (QED) is 0.714. The molecule has 3 rings (SSSR count). The second-order valence-electron chi connectivity index (χ2n) is 4.92. The van der Waals surface area contributed by atoms with Crippen molar-refractivity contribution in [2.75, 3.05) is 12.9 Å². The molecule has 0 radical (unpaired) electrons. The molecule has 0 N–H and O–H groups in total. The van der Waals surface area contributed by atoms with E-state index >= 15 is 0 Å². The number of ketones is 1. The second-order valence-corrected chi connectivity index (χ2v) is 8.02. The molecule has 2 aromatic rings. The summed E-state index contributed by atoms with van der Waals surface area (Å²) in [4.78, 5) is 14.8. The van der Waals surface area contributed by atoms with E-state index in [1.807, 2.05) is 30.0 Å². The van der Waals surface area contributed by atoms with Gasteiger partial charge in [-0.05, 0) is 47.6 Å². The summed E-state index contributed by atoms with van der Waals surface area (Å²) in [5, 5.41) is 0. The molecule has 1 aliphatic rings. The molecule has 2 nitrogen and oxygen atoms in total. The first kappa shape index (κ1) is 15.1. The Kier molecular flexibility index (Phi) is 4.72. The molecule has 21 heavy (non-hydrogen) atoms.